The molecule has 8 heteroatoms. The molecule has 0 aliphatic carbocycles. The lowest BCUT2D eigenvalue weighted by Gasteiger charge is -2.20. The molecule has 0 aliphatic heterocycles. The number of benzene rings is 2. The molecule has 0 spiro atoms. The van der Waals surface area contributed by atoms with Crippen LogP contribution >= 0.6 is 0 Å². The summed E-state index contributed by atoms with van der Waals surface area (Å²) in [6.45, 7) is 1.48. The van der Waals surface area contributed by atoms with Crippen LogP contribution in [0.5, 0.6) is 11.5 Å². The van der Waals surface area contributed by atoms with E-state index in [1.807, 2.05) is 18.2 Å². The highest BCUT2D eigenvalue weighted by atomic mass is 32.2. The number of nitrogens with zero attached hydrogens (tertiary/aromatic N) is 1. The predicted molar refractivity (Wildman–Crippen MR) is 113 cm³/mol. The Bertz CT molecular complexity index is 958. The molecular formula is C21H26N2O5S. The highest BCUT2D eigenvalue weighted by molar-refractivity contribution is 7.92. The Kier molecular flexibility index (Phi) is 7.81. The standard InChI is InChI=1S/C21H26N2O5S/c1-16(19-14-18(27-3)10-11-20(19)28-4)22-21(24)15-23(2)29(25,26)13-12-17-8-6-5-7-9-17/h5-14,16H,15H2,1-4H3,(H,22,24)/b13-12+/t16-/m0/s1. The van der Waals surface area contributed by atoms with Crippen LogP contribution in [0.3, 0.4) is 0 Å². The van der Waals surface area contributed by atoms with Crippen LogP contribution in [0.4, 0.5) is 0 Å². The summed E-state index contributed by atoms with van der Waals surface area (Å²) in [6, 6.07) is 14.0. The van der Waals surface area contributed by atoms with Crippen molar-refractivity contribution in [1.82, 2.24) is 9.62 Å². The average Bonchev–Trinajstić information content (AvgIpc) is 2.72. The third-order valence-electron chi connectivity index (χ3n) is 4.31. The van der Waals surface area contributed by atoms with Crippen molar-refractivity contribution in [1.29, 1.82) is 0 Å². The lowest BCUT2D eigenvalue weighted by molar-refractivity contribution is -0.121. The van der Waals surface area contributed by atoms with Gasteiger partial charge >= 0.3 is 0 Å². The Labute approximate surface area is 172 Å². The predicted octanol–water partition coefficient (Wildman–Crippen LogP) is 2.81. The summed E-state index contributed by atoms with van der Waals surface area (Å²) in [7, 11) is 0.726. The normalized spacial score (nSPS) is 12.7. The zero-order valence-electron chi connectivity index (χ0n) is 17.0. The van der Waals surface area contributed by atoms with E-state index in [9.17, 15) is 13.2 Å². The van der Waals surface area contributed by atoms with E-state index in [0.717, 1.165) is 20.8 Å². The van der Waals surface area contributed by atoms with E-state index in [0.29, 0.717) is 11.5 Å². The fraction of sp³-hybridized carbons (Fsp3) is 0.286. The van der Waals surface area contributed by atoms with Gasteiger partial charge in [0, 0.05) is 18.0 Å². The Morgan fingerprint density at radius 1 is 1.14 bits per heavy atom. The number of hydrogen-bond acceptors (Lipinski definition) is 5. The van der Waals surface area contributed by atoms with E-state index >= 15 is 0 Å². The highest BCUT2D eigenvalue weighted by Crippen LogP contribution is 2.29. The minimum atomic E-state index is -3.73. The first-order valence-corrected chi connectivity index (χ1v) is 10.5. The number of likely N-dealkylation sites (N-methyl/N-ethyl adjacent to an activating group) is 1. The smallest absolute Gasteiger partial charge is 0.236 e. The molecule has 0 fully saturated rings. The van der Waals surface area contributed by atoms with Gasteiger partial charge in [0.05, 0.1) is 26.8 Å². The molecule has 0 unspecified atom stereocenters. The molecule has 1 amide bonds. The Morgan fingerprint density at radius 3 is 2.45 bits per heavy atom. The van der Waals surface area contributed by atoms with E-state index in [-0.39, 0.29) is 6.54 Å². The number of ether oxygens (including phenoxy) is 2. The first-order valence-electron chi connectivity index (χ1n) is 8.97. The molecule has 2 aromatic carbocycles. The van der Waals surface area contributed by atoms with E-state index in [4.69, 9.17) is 9.47 Å². The van der Waals surface area contributed by atoms with Gasteiger partial charge in [0.1, 0.15) is 11.5 Å². The fourth-order valence-electron chi connectivity index (χ4n) is 2.67. The second-order valence-corrected chi connectivity index (χ2v) is 8.34. The summed E-state index contributed by atoms with van der Waals surface area (Å²) in [5.41, 5.74) is 1.49. The number of methoxy groups -OCH3 is 2. The zero-order chi connectivity index (χ0) is 21.4. The number of amides is 1. The van der Waals surface area contributed by atoms with Gasteiger partial charge in [-0.2, -0.15) is 4.31 Å². The van der Waals surface area contributed by atoms with Crippen molar-refractivity contribution < 1.29 is 22.7 Å². The van der Waals surface area contributed by atoms with Crippen LogP contribution in [0, 0.1) is 0 Å². The van der Waals surface area contributed by atoms with Gasteiger partial charge in [-0.3, -0.25) is 4.79 Å². The molecule has 0 saturated carbocycles. The molecular weight excluding hydrogens is 392 g/mol. The SMILES string of the molecule is COc1ccc(OC)c([C@H](C)NC(=O)CN(C)S(=O)(=O)/C=C/c2ccccc2)c1. The molecule has 2 rings (SSSR count). The van der Waals surface area contributed by atoms with Crippen LogP contribution in [-0.4, -0.2) is 46.4 Å². The first-order chi connectivity index (χ1) is 13.8. The van der Waals surface area contributed by atoms with Crippen LogP contribution in [-0.2, 0) is 14.8 Å². The molecule has 156 valence electrons. The molecule has 0 aromatic heterocycles. The molecule has 0 bridgehead atoms. The lowest BCUT2D eigenvalue weighted by Crippen LogP contribution is -2.38. The second-order valence-electron chi connectivity index (χ2n) is 6.41. The number of carbonyl (C=O) groups is 1. The number of sulfonamides is 1. The monoisotopic (exact) mass is 418 g/mol. The average molecular weight is 419 g/mol. The first kappa shape index (κ1) is 22.4. The van der Waals surface area contributed by atoms with Gasteiger partial charge in [-0.1, -0.05) is 30.3 Å². The third-order valence-corrected chi connectivity index (χ3v) is 5.79. The van der Waals surface area contributed by atoms with Gasteiger partial charge < -0.3 is 14.8 Å². The molecule has 0 aliphatic rings. The van der Waals surface area contributed by atoms with Gasteiger partial charge in [0.25, 0.3) is 0 Å². The third kappa shape index (κ3) is 6.33. The molecule has 0 heterocycles. The minimum Gasteiger partial charge on any atom is -0.497 e. The van der Waals surface area contributed by atoms with Crippen LogP contribution in [0.1, 0.15) is 24.1 Å². The molecule has 1 atom stereocenters. The summed E-state index contributed by atoms with van der Waals surface area (Å²) in [6.07, 6.45) is 1.49. The van der Waals surface area contributed by atoms with E-state index in [1.165, 1.54) is 13.1 Å². The van der Waals surface area contributed by atoms with Gasteiger partial charge in [0.2, 0.25) is 15.9 Å². The molecule has 0 saturated heterocycles. The molecule has 7 nitrogen and oxygen atoms in total. The van der Waals surface area contributed by atoms with Gasteiger partial charge in [-0.15, -0.1) is 0 Å². The van der Waals surface area contributed by atoms with Crippen molar-refractivity contribution in [3.8, 4) is 11.5 Å². The summed E-state index contributed by atoms with van der Waals surface area (Å²) in [5, 5.41) is 3.88. The Morgan fingerprint density at radius 2 is 1.83 bits per heavy atom. The summed E-state index contributed by atoms with van der Waals surface area (Å²) < 4.78 is 36.4. The fourth-order valence-corrected chi connectivity index (χ4v) is 3.50. The van der Waals surface area contributed by atoms with E-state index < -0.39 is 22.0 Å². The van der Waals surface area contributed by atoms with Crippen molar-refractivity contribution in [2.24, 2.45) is 0 Å². The number of nitrogens with one attached hydrogen (secondary N) is 1. The van der Waals surface area contributed by atoms with Gasteiger partial charge in [0.15, 0.2) is 0 Å². The van der Waals surface area contributed by atoms with Crippen molar-refractivity contribution >= 4 is 22.0 Å². The van der Waals surface area contributed by atoms with Gasteiger partial charge in [-0.05, 0) is 36.8 Å². The van der Waals surface area contributed by atoms with Gasteiger partial charge in [-0.25, -0.2) is 8.42 Å². The summed E-state index contributed by atoms with van der Waals surface area (Å²) in [4.78, 5) is 12.4. The number of carbonyl (C=O) groups excluding carboxylic acids is 1. The minimum absolute atomic E-state index is 0.307. The lowest BCUT2D eigenvalue weighted by atomic mass is 10.1. The number of hydrogen-bond donors (Lipinski definition) is 1. The van der Waals surface area contributed by atoms with Crippen molar-refractivity contribution in [3.05, 3.63) is 65.1 Å². The van der Waals surface area contributed by atoms with Crippen molar-refractivity contribution in [2.45, 2.75) is 13.0 Å². The summed E-state index contributed by atoms with van der Waals surface area (Å²) in [5.74, 6) is 0.805. The highest BCUT2D eigenvalue weighted by Gasteiger charge is 2.20. The maximum absolute atomic E-state index is 12.4. The molecule has 29 heavy (non-hydrogen) atoms. The summed E-state index contributed by atoms with van der Waals surface area (Å²) >= 11 is 0. The largest absolute Gasteiger partial charge is 0.497 e. The van der Waals surface area contributed by atoms with Crippen LogP contribution < -0.4 is 14.8 Å². The van der Waals surface area contributed by atoms with Crippen molar-refractivity contribution in [2.75, 3.05) is 27.8 Å². The van der Waals surface area contributed by atoms with Crippen LogP contribution in [0.2, 0.25) is 0 Å². The quantitative estimate of drug-likeness (QED) is 0.677. The zero-order valence-corrected chi connectivity index (χ0v) is 17.8. The maximum Gasteiger partial charge on any atom is 0.236 e. The number of rotatable bonds is 9. The maximum atomic E-state index is 12.4. The molecule has 1 N–H and O–H groups in total. The van der Waals surface area contributed by atoms with Crippen LogP contribution in [0.25, 0.3) is 6.08 Å². The Balaban J connectivity index is 2.03. The van der Waals surface area contributed by atoms with E-state index in [1.54, 1.807) is 51.5 Å². The second kappa shape index (κ2) is 10.1. The van der Waals surface area contributed by atoms with Crippen molar-refractivity contribution in [3.63, 3.8) is 0 Å². The van der Waals surface area contributed by atoms with Crippen LogP contribution in [0.15, 0.2) is 53.9 Å². The molecule has 0 radical (unpaired) electrons. The molecule has 2 aromatic rings. The topological polar surface area (TPSA) is 84.9 Å². The Hall–Kier alpha value is -2.84. The van der Waals surface area contributed by atoms with E-state index in [2.05, 4.69) is 5.32 Å².